The Balaban J connectivity index is 2.03. The highest BCUT2D eigenvalue weighted by molar-refractivity contribution is 6.30. The summed E-state index contributed by atoms with van der Waals surface area (Å²) < 4.78 is 2.22. The van der Waals surface area contributed by atoms with Crippen LogP contribution >= 0.6 is 11.6 Å². The summed E-state index contributed by atoms with van der Waals surface area (Å²) in [6, 6.07) is 12.1. The average molecular weight is 353 g/mol. The van der Waals surface area contributed by atoms with Crippen LogP contribution in [-0.4, -0.2) is 14.5 Å². The van der Waals surface area contributed by atoms with Crippen LogP contribution in [0.4, 0.5) is 0 Å². The number of halogens is 1. The Kier molecular flexibility index (Phi) is 4.78. The van der Waals surface area contributed by atoms with Gasteiger partial charge in [-0.25, -0.2) is 9.97 Å². The fraction of sp³-hybridized carbons (Fsp3) is 0.350. The van der Waals surface area contributed by atoms with Crippen molar-refractivity contribution in [2.75, 3.05) is 0 Å². The molecular weight excluding hydrogens is 332 g/mol. The van der Waals surface area contributed by atoms with E-state index in [4.69, 9.17) is 16.9 Å². The van der Waals surface area contributed by atoms with Crippen LogP contribution in [0.15, 0.2) is 36.5 Å². The average Bonchev–Trinajstić information content (AvgIpc) is 2.90. The van der Waals surface area contributed by atoms with E-state index in [-0.39, 0.29) is 11.2 Å². The van der Waals surface area contributed by atoms with Gasteiger partial charge in [0.15, 0.2) is 0 Å². The number of fused-ring (bicyclic) bond motifs is 1. The van der Waals surface area contributed by atoms with Crippen LogP contribution in [0.2, 0.25) is 5.02 Å². The van der Waals surface area contributed by atoms with E-state index in [1.807, 2.05) is 30.3 Å². The molecule has 0 saturated heterocycles. The van der Waals surface area contributed by atoms with E-state index >= 15 is 0 Å². The lowest BCUT2D eigenvalue weighted by molar-refractivity contribution is 0.351. The first-order valence-electron chi connectivity index (χ1n) is 8.35. The summed E-state index contributed by atoms with van der Waals surface area (Å²) in [5, 5.41) is 10.8. The van der Waals surface area contributed by atoms with Crippen LogP contribution in [0, 0.1) is 16.7 Å². The molecule has 0 radical (unpaired) electrons. The summed E-state index contributed by atoms with van der Waals surface area (Å²) in [6.45, 7) is 7.55. The lowest BCUT2D eigenvalue weighted by Gasteiger charge is -2.20. The summed E-state index contributed by atoms with van der Waals surface area (Å²) in [4.78, 5) is 8.54. The zero-order chi connectivity index (χ0) is 18.0. The van der Waals surface area contributed by atoms with Crippen molar-refractivity contribution in [1.29, 1.82) is 5.26 Å². The van der Waals surface area contributed by atoms with Crippen molar-refractivity contribution < 1.29 is 0 Å². The third-order valence-electron chi connectivity index (χ3n) is 4.20. The quantitative estimate of drug-likeness (QED) is 0.665. The number of aryl methyl sites for hydroxylation is 1. The second-order valence-electron chi connectivity index (χ2n) is 7.49. The number of nitriles is 1. The molecule has 0 N–H and O–H groups in total. The standard InChI is InChI=1S/C20H21ClN4/c1-20(2,3)8-9-25-17(10-14-4-6-16(21)7-5-14)11-15-13-23-18(12-22)24-19(15)25/h4-7,11,13H,8-10H2,1-3H3. The molecule has 0 fully saturated rings. The fourth-order valence-electron chi connectivity index (χ4n) is 2.80. The van der Waals surface area contributed by atoms with Gasteiger partial charge in [-0.2, -0.15) is 5.26 Å². The molecule has 0 saturated carbocycles. The van der Waals surface area contributed by atoms with E-state index in [9.17, 15) is 0 Å². The van der Waals surface area contributed by atoms with Gasteiger partial charge in [-0.1, -0.05) is 44.5 Å². The third kappa shape index (κ3) is 4.18. The largest absolute Gasteiger partial charge is 0.329 e. The Morgan fingerprint density at radius 3 is 2.56 bits per heavy atom. The van der Waals surface area contributed by atoms with Gasteiger partial charge in [0, 0.05) is 35.3 Å². The summed E-state index contributed by atoms with van der Waals surface area (Å²) >= 11 is 5.99. The van der Waals surface area contributed by atoms with Crippen molar-refractivity contribution in [2.24, 2.45) is 5.41 Å². The van der Waals surface area contributed by atoms with Crippen LogP contribution in [0.3, 0.4) is 0 Å². The smallest absolute Gasteiger partial charge is 0.234 e. The Bertz CT molecular complexity index is 927. The molecule has 0 atom stereocenters. The van der Waals surface area contributed by atoms with Crippen LogP contribution in [0.5, 0.6) is 0 Å². The molecule has 0 aliphatic heterocycles. The van der Waals surface area contributed by atoms with E-state index in [0.717, 1.165) is 35.4 Å². The molecule has 0 aliphatic carbocycles. The molecule has 0 unspecified atom stereocenters. The summed E-state index contributed by atoms with van der Waals surface area (Å²) in [6.07, 6.45) is 3.55. The molecule has 0 amide bonds. The second kappa shape index (κ2) is 6.85. The third-order valence-corrected chi connectivity index (χ3v) is 4.46. The SMILES string of the molecule is CC(C)(C)CCn1c(Cc2ccc(Cl)cc2)cc2cnc(C#N)nc21. The van der Waals surface area contributed by atoms with E-state index < -0.39 is 0 Å². The zero-order valence-electron chi connectivity index (χ0n) is 14.8. The van der Waals surface area contributed by atoms with Gasteiger partial charge in [0.05, 0.1) is 0 Å². The lowest BCUT2D eigenvalue weighted by Crippen LogP contribution is -2.13. The van der Waals surface area contributed by atoms with Gasteiger partial charge in [-0.05, 0) is 35.6 Å². The predicted molar refractivity (Wildman–Crippen MR) is 101 cm³/mol. The second-order valence-corrected chi connectivity index (χ2v) is 7.92. The van der Waals surface area contributed by atoms with E-state index in [1.54, 1.807) is 6.20 Å². The minimum Gasteiger partial charge on any atom is -0.329 e. The Morgan fingerprint density at radius 2 is 1.92 bits per heavy atom. The molecule has 1 aromatic carbocycles. The molecule has 3 rings (SSSR count). The highest BCUT2D eigenvalue weighted by atomic mass is 35.5. The molecule has 0 spiro atoms. The molecule has 3 aromatic rings. The van der Waals surface area contributed by atoms with Crippen LogP contribution < -0.4 is 0 Å². The number of hydrogen-bond donors (Lipinski definition) is 0. The molecule has 2 heterocycles. The first kappa shape index (κ1) is 17.4. The Hall–Kier alpha value is -2.38. The highest BCUT2D eigenvalue weighted by Crippen LogP contribution is 2.25. The Labute approximate surface area is 153 Å². The topological polar surface area (TPSA) is 54.5 Å². The lowest BCUT2D eigenvalue weighted by atomic mass is 9.92. The number of aromatic nitrogens is 3. The molecule has 4 nitrogen and oxygen atoms in total. The fourth-order valence-corrected chi connectivity index (χ4v) is 2.93. The van der Waals surface area contributed by atoms with Gasteiger partial charge in [0.2, 0.25) is 5.82 Å². The molecular formula is C20H21ClN4. The van der Waals surface area contributed by atoms with Gasteiger partial charge in [-0.15, -0.1) is 0 Å². The highest BCUT2D eigenvalue weighted by Gasteiger charge is 2.16. The predicted octanol–water partition coefficient (Wildman–Crippen LogP) is 4.98. The summed E-state index contributed by atoms with van der Waals surface area (Å²) in [5.74, 6) is 0.209. The van der Waals surface area contributed by atoms with Crippen LogP contribution in [0.25, 0.3) is 11.0 Å². The Morgan fingerprint density at radius 1 is 1.20 bits per heavy atom. The maximum absolute atomic E-state index is 9.12. The maximum Gasteiger partial charge on any atom is 0.234 e. The minimum absolute atomic E-state index is 0.209. The van der Waals surface area contributed by atoms with Crippen molar-refractivity contribution in [3.63, 3.8) is 0 Å². The van der Waals surface area contributed by atoms with Crippen molar-refractivity contribution in [2.45, 2.75) is 40.2 Å². The first-order chi connectivity index (χ1) is 11.9. The molecule has 25 heavy (non-hydrogen) atoms. The number of rotatable bonds is 4. The number of benzene rings is 1. The normalized spacial score (nSPS) is 11.6. The van der Waals surface area contributed by atoms with Crippen molar-refractivity contribution in [1.82, 2.24) is 14.5 Å². The monoisotopic (exact) mass is 352 g/mol. The van der Waals surface area contributed by atoms with Gasteiger partial charge in [0.1, 0.15) is 11.7 Å². The van der Waals surface area contributed by atoms with Gasteiger partial charge in [0.25, 0.3) is 0 Å². The van der Waals surface area contributed by atoms with Crippen molar-refractivity contribution in [3.8, 4) is 6.07 Å². The number of hydrogen-bond acceptors (Lipinski definition) is 3. The molecule has 5 heteroatoms. The zero-order valence-corrected chi connectivity index (χ0v) is 15.5. The molecule has 128 valence electrons. The van der Waals surface area contributed by atoms with Crippen molar-refractivity contribution >= 4 is 22.6 Å². The van der Waals surface area contributed by atoms with E-state index in [0.29, 0.717) is 0 Å². The first-order valence-corrected chi connectivity index (χ1v) is 8.73. The van der Waals surface area contributed by atoms with E-state index in [2.05, 4.69) is 41.4 Å². The summed E-state index contributed by atoms with van der Waals surface area (Å²) in [7, 11) is 0. The number of nitrogens with zero attached hydrogens (tertiary/aromatic N) is 4. The maximum atomic E-state index is 9.12. The molecule has 2 aromatic heterocycles. The van der Waals surface area contributed by atoms with Crippen molar-refractivity contribution in [3.05, 3.63) is 58.6 Å². The molecule has 0 bridgehead atoms. The van der Waals surface area contributed by atoms with Gasteiger partial charge < -0.3 is 4.57 Å². The summed E-state index contributed by atoms with van der Waals surface area (Å²) in [5.41, 5.74) is 3.42. The molecule has 0 aliphatic rings. The van der Waals surface area contributed by atoms with Gasteiger partial charge in [-0.3, -0.25) is 0 Å². The van der Waals surface area contributed by atoms with Crippen LogP contribution in [-0.2, 0) is 13.0 Å². The van der Waals surface area contributed by atoms with Crippen LogP contribution in [0.1, 0.15) is 44.3 Å². The van der Waals surface area contributed by atoms with Gasteiger partial charge >= 0.3 is 0 Å². The minimum atomic E-state index is 0.209. The van der Waals surface area contributed by atoms with E-state index in [1.165, 1.54) is 11.3 Å².